The minimum absolute atomic E-state index is 0.180. The summed E-state index contributed by atoms with van der Waals surface area (Å²) in [6, 6.07) is 7.82. The molecule has 0 bridgehead atoms. The van der Waals surface area contributed by atoms with Gasteiger partial charge in [-0.2, -0.15) is 0 Å². The highest BCUT2D eigenvalue weighted by molar-refractivity contribution is 5.92. The SMILES string of the molecule is CCCCCC(=O)N(C)c1ccc(CN)cc1. The van der Waals surface area contributed by atoms with Crippen molar-refractivity contribution in [1.82, 2.24) is 0 Å². The molecule has 0 aliphatic carbocycles. The summed E-state index contributed by atoms with van der Waals surface area (Å²) in [6.45, 7) is 2.67. The number of amides is 1. The Bertz CT molecular complexity index is 346. The van der Waals surface area contributed by atoms with Crippen LogP contribution in [0.15, 0.2) is 24.3 Å². The molecule has 0 atom stereocenters. The molecule has 3 heteroatoms. The molecule has 0 saturated heterocycles. The number of carbonyl (C=O) groups is 1. The molecule has 1 aromatic rings. The van der Waals surface area contributed by atoms with E-state index in [2.05, 4.69) is 6.92 Å². The highest BCUT2D eigenvalue weighted by atomic mass is 16.2. The van der Waals surface area contributed by atoms with Gasteiger partial charge in [0.05, 0.1) is 0 Å². The van der Waals surface area contributed by atoms with E-state index in [9.17, 15) is 4.79 Å². The van der Waals surface area contributed by atoms with Gasteiger partial charge < -0.3 is 10.6 Å². The summed E-state index contributed by atoms with van der Waals surface area (Å²) >= 11 is 0. The molecule has 3 nitrogen and oxygen atoms in total. The van der Waals surface area contributed by atoms with Crippen LogP contribution in [-0.2, 0) is 11.3 Å². The molecule has 0 heterocycles. The number of nitrogens with zero attached hydrogens (tertiary/aromatic N) is 1. The van der Waals surface area contributed by atoms with Crippen molar-refractivity contribution < 1.29 is 4.79 Å². The molecule has 0 unspecified atom stereocenters. The average Bonchev–Trinajstić information content (AvgIpc) is 2.38. The molecular weight excluding hydrogens is 212 g/mol. The summed E-state index contributed by atoms with van der Waals surface area (Å²) in [7, 11) is 1.83. The molecular formula is C14H22N2O. The Kier molecular flexibility index (Phi) is 5.70. The lowest BCUT2D eigenvalue weighted by atomic mass is 10.1. The fourth-order valence-electron chi connectivity index (χ4n) is 1.69. The van der Waals surface area contributed by atoms with Crippen LogP contribution in [0.25, 0.3) is 0 Å². The van der Waals surface area contributed by atoms with E-state index in [4.69, 9.17) is 5.73 Å². The van der Waals surface area contributed by atoms with Gasteiger partial charge in [-0.15, -0.1) is 0 Å². The van der Waals surface area contributed by atoms with Gasteiger partial charge in [-0.3, -0.25) is 4.79 Å². The molecule has 0 aromatic heterocycles. The summed E-state index contributed by atoms with van der Waals surface area (Å²) in [5.41, 5.74) is 7.55. The van der Waals surface area contributed by atoms with E-state index >= 15 is 0 Å². The van der Waals surface area contributed by atoms with Crippen LogP contribution in [0.5, 0.6) is 0 Å². The van der Waals surface area contributed by atoms with Crippen molar-refractivity contribution in [2.45, 2.75) is 39.2 Å². The van der Waals surface area contributed by atoms with Gasteiger partial charge in [-0.05, 0) is 24.1 Å². The maximum absolute atomic E-state index is 11.9. The van der Waals surface area contributed by atoms with Crippen LogP contribution < -0.4 is 10.6 Å². The topological polar surface area (TPSA) is 46.3 Å². The summed E-state index contributed by atoms with van der Waals surface area (Å²) in [5.74, 6) is 0.180. The smallest absolute Gasteiger partial charge is 0.226 e. The minimum atomic E-state index is 0.180. The first kappa shape index (κ1) is 13.7. The number of benzene rings is 1. The number of unbranched alkanes of at least 4 members (excludes halogenated alkanes) is 2. The third-order valence-corrected chi connectivity index (χ3v) is 2.93. The molecule has 1 rings (SSSR count). The Labute approximate surface area is 104 Å². The van der Waals surface area contributed by atoms with Gasteiger partial charge in [0, 0.05) is 25.7 Å². The summed E-state index contributed by atoms with van der Waals surface area (Å²) < 4.78 is 0. The first-order chi connectivity index (χ1) is 8.19. The summed E-state index contributed by atoms with van der Waals surface area (Å²) in [6.07, 6.45) is 3.86. The second-order valence-electron chi connectivity index (χ2n) is 4.28. The van der Waals surface area contributed by atoms with Crippen LogP contribution in [0.1, 0.15) is 38.2 Å². The zero-order valence-electron chi connectivity index (χ0n) is 10.8. The van der Waals surface area contributed by atoms with Crippen LogP contribution in [-0.4, -0.2) is 13.0 Å². The lowest BCUT2D eigenvalue weighted by Crippen LogP contribution is -2.25. The highest BCUT2D eigenvalue weighted by Crippen LogP contribution is 2.15. The number of rotatable bonds is 6. The zero-order valence-corrected chi connectivity index (χ0v) is 10.8. The molecule has 0 aliphatic rings. The Morgan fingerprint density at radius 1 is 1.24 bits per heavy atom. The van der Waals surface area contributed by atoms with Crippen LogP contribution in [0.4, 0.5) is 5.69 Å². The quantitative estimate of drug-likeness (QED) is 0.769. The van der Waals surface area contributed by atoms with Crippen LogP contribution in [0, 0.1) is 0 Å². The molecule has 2 N–H and O–H groups in total. The van der Waals surface area contributed by atoms with E-state index in [1.54, 1.807) is 4.90 Å². The molecule has 0 radical (unpaired) electrons. The molecule has 1 aromatic carbocycles. The standard InChI is InChI=1S/C14H22N2O/c1-3-4-5-6-14(17)16(2)13-9-7-12(11-15)8-10-13/h7-10H,3-6,11,15H2,1-2H3. The molecule has 0 saturated carbocycles. The van der Waals surface area contributed by atoms with Gasteiger partial charge >= 0.3 is 0 Å². The molecule has 0 aliphatic heterocycles. The van der Waals surface area contributed by atoms with E-state index in [1.165, 1.54) is 0 Å². The Morgan fingerprint density at radius 2 is 1.88 bits per heavy atom. The fraction of sp³-hybridized carbons (Fsp3) is 0.500. The number of hydrogen-bond donors (Lipinski definition) is 1. The van der Waals surface area contributed by atoms with E-state index < -0.39 is 0 Å². The largest absolute Gasteiger partial charge is 0.326 e. The van der Waals surface area contributed by atoms with Crippen molar-refractivity contribution in [2.24, 2.45) is 5.73 Å². The lowest BCUT2D eigenvalue weighted by molar-refractivity contribution is -0.118. The third-order valence-electron chi connectivity index (χ3n) is 2.93. The van der Waals surface area contributed by atoms with Crippen LogP contribution in [0.3, 0.4) is 0 Å². The molecule has 0 spiro atoms. The molecule has 94 valence electrons. The second kappa shape index (κ2) is 7.07. The average molecular weight is 234 g/mol. The maximum atomic E-state index is 11.9. The van der Waals surface area contributed by atoms with Gasteiger partial charge in [-0.25, -0.2) is 0 Å². The van der Waals surface area contributed by atoms with Crippen molar-refractivity contribution in [1.29, 1.82) is 0 Å². The normalized spacial score (nSPS) is 10.3. The Morgan fingerprint density at radius 3 is 2.41 bits per heavy atom. The molecule has 17 heavy (non-hydrogen) atoms. The highest BCUT2D eigenvalue weighted by Gasteiger charge is 2.09. The Hall–Kier alpha value is -1.35. The number of carbonyl (C=O) groups excluding carboxylic acids is 1. The summed E-state index contributed by atoms with van der Waals surface area (Å²) in [4.78, 5) is 13.6. The van der Waals surface area contributed by atoms with Gasteiger partial charge in [0.1, 0.15) is 0 Å². The minimum Gasteiger partial charge on any atom is -0.326 e. The van der Waals surface area contributed by atoms with E-state index in [1.807, 2.05) is 31.3 Å². The molecule has 1 amide bonds. The van der Waals surface area contributed by atoms with Crippen molar-refractivity contribution in [2.75, 3.05) is 11.9 Å². The number of hydrogen-bond acceptors (Lipinski definition) is 2. The van der Waals surface area contributed by atoms with Gasteiger partial charge in [0.25, 0.3) is 0 Å². The third kappa shape index (κ3) is 4.19. The fourth-order valence-corrected chi connectivity index (χ4v) is 1.69. The van der Waals surface area contributed by atoms with E-state index in [0.29, 0.717) is 13.0 Å². The van der Waals surface area contributed by atoms with Crippen molar-refractivity contribution >= 4 is 11.6 Å². The van der Waals surface area contributed by atoms with E-state index in [-0.39, 0.29) is 5.91 Å². The number of anilines is 1. The zero-order chi connectivity index (χ0) is 12.7. The van der Waals surface area contributed by atoms with Crippen molar-refractivity contribution in [3.8, 4) is 0 Å². The first-order valence-electron chi connectivity index (χ1n) is 6.24. The summed E-state index contributed by atoms with van der Waals surface area (Å²) in [5, 5.41) is 0. The van der Waals surface area contributed by atoms with Crippen LogP contribution in [0.2, 0.25) is 0 Å². The van der Waals surface area contributed by atoms with Gasteiger partial charge in [-0.1, -0.05) is 31.9 Å². The van der Waals surface area contributed by atoms with Crippen molar-refractivity contribution in [3.63, 3.8) is 0 Å². The first-order valence-corrected chi connectivity index (χ1v) is 6.24. The van der Waals surface area contributed by atoms with Crippen molar-refractivity contribution in [3.05, 3.63) is 29.8 Å². The number of nitrogens with two attached hydrogens (primary N) is 1. The maximum Gasteiger partial charge on any atom is 0.226 e. The monoisotopic (exact) mass is 234 g/mol. The van der Waals surface area contributed by atoms with Crippen LogP contribution >= 0.6 is 0 Å². The predicted octanol–water partition coefficient (Wildman–Crippen LogP) is 2.69. The van der Waals surface area contributed by atoms with Gasteiger partial charge in [0.2, 0.25) is 5.91 Å². The van der Waals surface area contributed by atoms with Gasteiger partial charge in [0.15, 0.2) is 0 Å². The lowest BCUT2D eigenvalue weighted by Gasteiger charge is -2.17. The predicted molar refractivity (Wildman–Crippen MR) is 71.9 cm³/mol. The second-order valence-corrected chi connectivity index (χ2v) is 4.28. The van der Waals surface area contributed by atoms with E-state index in [0.717, 1.165) is 30.5 Å². The Balaban J connectivity index is 2.55. The molecule has 0 fully saturated rings.